The second-order valence-corrected chi connectivity index (χ2v) is 9.00. The van der Waals surface area contributed by atoms with Crippen molar-refractivity contribution in [1.29, 1.82) is 0 Å². The number of esters is 2. The number of thiazole rings is 1. The van der Waals surface area contributed by atoms with Crippen LogP contribution in [0.4, 0.5) is 5.00 Å². The summed E-state index contributed by atoms with van der Waals surface area (Å²) in [5.74, 6) is -1.57. The molecule has 2 aromatic heterocycles. The molecule has 0 spiro atoms. The molecule has 160 valence electrons. The molecule has 0 aromatic carbocycles. The number of anilines is 1. The Hall–Kier alpha value is -2.52. The molecule has 1 N–H and O–H groups in total. The van der Waals surface area contributed by atoms with Gasteiger partial charge in [-0.1, -0.05) is 0 Å². The minimum Gasteiger partial charge on any atom is -0.462 e. The molecule has 2 aromatic rings. The highest BCUT2D eigenvalue weighted by molar-refractivity contribution is 7.17. The van der Waals surface area contributed by atoms with Crippen LogP contribution in [0.1, 0.15) is 58.2 Å². The molecule has 1 aliphatic carbocycles. The number of nitrogens with one attached hydrogen (secondary N) is 1. The second kappa shape index (κ2) is 9.99. The lowest BCUT2D eigenvalue weighted by molar-refractivity contribution is -0.148. The topological polar surface area (TPSA) is 94.6 Å². The van der Waals surface area contributed by atoms with Crippen LogP contribution in [0.15, 0.2) is 11.5 Å². The van der Waals surface area contributed by atoms with Crippen molar-refractivity contribution in [2.75, 3.05) is 11.9 Å². The van der Waals surface area contributed by atoms with E-state index >= 15 is 0 Å². The van der Waals surface area contributed by atoms with Crippen LogP contribution in [-0.4, -0.2) is 35.5 Å². The Morgan fingerprint density at radius 3 is 2.77 bits per heavy atom. The van der Waals surface area contributed by atoms with Crippen molar-refractivity contribution in [2.24, 2.45) is 0 Å². The van der Waals surface area contributed by atoms with E-state index in [1.54, 1.807) is 13.0 Å². The van der Waals surface area contributed by atoms with Crippen LogP contribution in [0.25, 0.3) is 6.08 Å². The number of aryl methyl sites for hydroxylation is 2. The number of hydrogen-bond acceptors (Lipinski definition) is 8. The van der Waals surface area contributed by atoms with Crippen molar-refractivity contribution in [2.45, 2.75) is 52.6 Å². The first-order valence-electron chi connectivity index (χ1n) is 9.82. The van der Waals surface area contributed by atoms with E-state index in [-0.39, 0.29) is 6.61 Å². The zero-order chi connectivity index (χ0) is 21.7. The first-order chi connectivity index (χ1) is 14.4. The lowest BCUT2D eigenvalue weighted by atomic mass is 9.95. The number of hydrogen-bond donors (Lipinski definition) is 1. The van der Waals surface area contributed by atoms with E-state index in [1.807, 2.05) is 12.3 Å². The number of carbonyl (C=O) groups excluding carboxylic acids is 3. The number of amides is 1. The standard InChI is InChI=1S/C21H24N2O5S2/c1-4-27-21(26)18-15-7-5-6-8-16(15)30-20(18)23-19(25)12(2)28-17(24)10-9-14-11-29-13(3)22-14/h9-12H,4-8H2,1-3H3,(H,23,25)/b10-9+. The monoisotopic (exact) mass is 448 g/mol. The number of fused-ring (bicyclic) bond motifs is 1. The summed E-state index contributed by atoms with van der Waals surface area (Å²) in [4.78, 5) is 42.4. The van der Waals surface area contributed by atoms with Gasteiger partial charge in [-0.2, -0.15) is 0 Å². The van der Waals surface area contributed by atoms with Gasteiger partial charge in [-0.25, -0.2) is 14.6 Å². The van der Waals surface area contributed by atoms with Gasteiger partial charge in [0.2, 0.25) is 0 Å². The molecule has 1 unspecified atom stereocenters. The predicted octanol–water partition coefficient (Wildman–Crippen LogP) is 4.15. The Morgan fingerprint density at radius 1 is 1.30 bits per heavy atom. The van der Waals surface area contributed by atoms with Gasteiger partial charge in [0, 0.05) is 16.3 Å². The molecule has 0 bridgehead atoms. The van der Waals surface area contributed by atoms with E-state index in [0.29, 0.717) is 16.3 Å². The molecular weight excluding hydrogens is 424 g/mol. The highest BCUT2D eigenvalue weighted by atomic mass is 32.1. The molecule has 3 rings (SSSR count). The normalized spacial score (nSPS) is 14.2. The summed E-state index contributed by atoms with van der Waals surface area (Å²) >= 11 is 2.88. The third-order valence-electron chi connectivity index (χ3n) is 4.58. The van der Waals surface area contributed by atoms with Gasteiger partial charge in [0.25, 0.3) is 5.91 Å². The molecule has 1 aliphatic rings. The zero-order valence-electron chi connectivity index (χ0n) is 17.1. The molecule has 0 radical (unpaired) electrons. The molecule has 0 aliphatic heterocycles. The Bertz CT molecular complexity index is 976. The first kappa shape index (κ1) is 22.2. The average Bonchev–Trinajstić information content (AvgIpc) is 3.29. The maximum atomic E-state index is 12.6. The summed E-state index contributed by atoms with van der Waals surface area (Å²) < 4.78 is 10.4. The van der Waals surface area contributed by atoms with Crippen molar-refractivity contribution >= 4 is 51.6 Å². The van der Waals surface area contributed by atoms with Crippen LogP contribution in [0, 0.1) is 6.92 Å². The van der Waals surface area contributed by atoms with Crippen molar-refractivity contribution in [1.82, 2.24) is 4.98 Å². The summed E-state index contributed by atoms with van der Waals surface area (Å²) in [6.45, 7) is 5.37. The predicted molar refractivity (Wildman–Crippen MR) is 117 cm³/mol. The van der Waals surface area contributed by atoms with Gasteiger partial charge < -0.3 is 14.8 Å². The van der Waals surface area contributed by atoms with Crippen LogP contribution in [0.3, 0.4) is 0 Å². The third-order valence-corrected chi connectivity index (χ3v) is 6.58. The molecule has 7 nitrogen and oxygen atoms in total. The molecule has 30 heavy (non-hydrogen) atoms. The minimum atomic E-state index is -1.02. The van der Waals surface area contributed by atoms with Crippen LogP contribution in [0.5, 0.6) is 0 Å². The minimum absolute atomic E-state index is 0.260. The van der Waals surface area contributed by atoms with Gasteiger partial charge >= 0.3 is 11.9 Å². The highest BCUT2D eigenvalue weighted by Crippen LogP contribution is 2.38. The number of thiophene rings is 1. The van der Waals surface area contributed by atoms with Gasteiger partial charge in [-0.15, -0.1) is 22.7 Å². The van der Waals surface area contributed by atoms with E-state index in [1.165, 1.54) is 35.7 Å². The van der Waals surface area contributed by atoms with Crippen LogP contribution in [-0.2, 0) is 31.9 Å². The van der Waals surface area contributed by atoms with Gasteiger partial charge in [0.15, 0.2) is 6.10 Å². The third kappa shape index (κ3) is 5.34. The van der Waals surface area contributed by atoms with Crippen molar-refractivity contribution in [3.8, 4) is 0 Å². The Kier molecular flexibility index (Phi) is 7.38. The van der Waals surface area contributed by atoms with E-state index in [4.69, 9.17) is 9.47 Å². The van der Waals surface area contributed by atoms with E-state index in [9.17, 15) is 14.4 Å². The smallest absolute Gasteiger partial charge is 0.341 e. The summed E-state index contributed by atoms with van der Waals surface area (Å²) in [6.07, 6.45) is 5.50. The molecule has 1 amide bonds. The van der Waals surface area contributed by atoms with Crippen molar-refractivity contribution in [3.63, 3.8) is 0 Å². The lowest BCUT2D eigenvalue weighted by Crippen LogP contribution is -2.29. The molecule has 0 fully saturated rings. The summed E-state index contributed by atoms with van der Waals surface area (Å²) in [7, 11) is 0. The number of carbonyl (C=O) groups is 3. The van der Waals surface area contributed by atoms with Crippen molar-refractivity contribution in [3.05, 3.63) is 38.2 Å². The summed E-state index contributed by atoms with van der Waals surface area (Å²) in [6, 6.07) is 0. The number of nitrogens with zero attached hydrogens (tertiary/aromatic N) is 1. The van der Waals surface area contributed by atoms with Gasteiger partial charge in [0.05, 0.1) is 22.9 Å². The largest absolute Gasteiger partial charge is 0.462 e. The Balaban J connectivity index is 1.67. The quantitative estimate of drug-likeness (QED) is 0.505. The van der Waals surface area contributed by atoms with Crippen LogP contribution >= 0.6 is 22.7 Å². The average molecular weight is 449 g/mol. The number of aromatic nitrogens is 1. The lowest BCUT2D eigenvalue weighted by Gasteiger charge is -2.13. The molecule has 1 atom stereocenters. The Morgan fingerprint density at radius 2 is 2.07 bits per heavy atom. The molecule has 0 saturated carbocycles. The maximum absolute atomic E-state index is 12.6. The summed E-state index contributed by atoms with van der Waals surface area (Å²) in [5.41, 5.74) is 2.06. The fraction of sp³-hybridized carbons (Fsp3) is 0.429. The first-order valence-corrected chi connectivity index (χ1v) is 11.5. The fourth-order valence-electron chi connectivity index (χ4n) is 3.16. The van der Waals surface area contributed by atoms with E-state index < -0.39 is 23.9 Å². The maximum Gasteiger partial charge on any atom is 0.341 e. The number of rotatable bonds is 7. The SMILES string of the molecule is CCOC(=O)c1c(NC(=O)C(C)OC(=O)/C=C/c2csc(C)n2)sc2c1CCCC2. The van der Waals surface area contributed by atoms with Gasteiger partial charge in [-0.05, 0) is 58.1 Å². The van der Waals surface area contributed by atoms with E-state index in [0.717, 1.165) is 41.1 Å². The van der Waals surface area contributed by atoms with Gasteiger partial charge in [0.1, 0.15) is 5.00 Å². The second-order valence-electron chi connectivity index (χ2n) is 6.83. The van der Waals surface area contributed by atoms with Gasteiger partial charge in [-0.3, -0.25) is 4.79 Å². The molecule has 2 heterocycles. The highest BCUT2D eigenvalue weighted by Gasteiger charge is 2.28. The van der Waals surface area contributed by atoms with Crippen LogP contribution < -0.4 is 5.32 Å². The number of ether oxygens (including phenoxy) is 2. The summed E-state index contributed by atoms with van der Waals surface area (Å²) in [5, 5.41) is 5.94. The van der Waals surface area contributed by atoms with Crippen LogP contribution in [0.2, 0.25) is 0 Å². The molecule has 9 heteroatoms. The Labute approximate surface area is 183 Å². The molecule has 0 saturated heterocycles. The molecular formula is C21H24N2O5S2. The fourth-order valence-corrected chi connectivity index (χ4v) is 5.02. The zero-order valence-corrected chi connectivity index (χ0v) is 18.8. The van der Waals surface area contributed by atoms with E-state index in [2.05, 4.69) is 10.3 Å². The van der Waals surface area contributed by atoms with Crippen molar-refractivity contribution < 1.29 is 23.9 Å².